The number of thiazole rings is 1. The van der Waals surface area contributed by atoms with E-state index in [0.717, 1.165) is 5.69 Å². The molecule has 0 aliphatic heterocycles. The van der Waals surface area contributed by atoms with E-state index >= 15 is 0 Å². The molecule has 0 unspecified atom stereocenters. The average Bonchev–Trinajstić information content (AvgIpc) is 3.14. The Balaban J connectivity index is 1.61. The van der Waals surface area contributed by atoms with Crippen molar-refractivity contribution >= 4 is 34.5 Å². The fourth-order valence-electron chi connectivity index (χ4n) is 2.12. The number of carbonyl (C=O) groups is 1. The van der Waals surface area contributed by atoms with E-state index in [0.29, 0.717) is 34.4 Å². The number of hydrogen-bond acceptors (Lipinski definition) is 5. The first-order valence-corrected chi connectivity index (χ1v) is 8.72. The van der Waals surface area contributed by atoms with Crippen LogP contribution in [0, 0.1) is 0 Å². The van der Waals surface area contributed by atoms with Gasteiger partial charge in [-0.05, 0) is 42.5 Å². The molecule has 1 aromatic heterocycles. The van der Waals surface area contributed by atoms with Gasteiger partial charge in [0, 0.05) is 16.6 Å². The Labute approximate surface area is 154 Å². The second kappa shape index (κ2) is 8.00. The monoisotopic (exact) mass is 374 g/mol. The zero-order valence-corrected chi connectivity index (χ0v) is 14.9. The number of carbonyl (C=O) groups excluding carboxylic acids is 1. The van der Waals surface area contributed by atoms with Crippen LogP contribution in [0.15, 0.2) is 53.4 Å². The number of benzene rings is 2. The molecule has 0 spiro atoms. The molecule has 0 saturated heterocycles. The van der Waals surface area contributed by atoms with Crippen molar-refractivity contribution in [1.82, 2.24) is 4.98 Å². The van der Waals surface area contributed by atoms with E-state index in [1.807, 2.05) is 5.38 Å². The van der Waals surface area contributed by atoms with Gasteiger partial charge >= 0.3 is 0 Å². The zero-order chi connectivity index (χ0) is 17.6. The SMILES string of the molecule is COc1ccc(NC(=O)c2ccc(OCc3cscn3)cc2)cc1Cl. The van der Waals surface area contributed by atoms with Crippen LogP contribution in [0.1, 0.15) is 16.1 Å². The minimum atomic E-state index is -0.229. The molecule has 0 aliphatic carbocycles. The Bertz CT molecular complexity index is 851. The van der Waals surface area contributed by atoms with Crippen LogP contribution in [-0.4, -0.2) is 18.0 Å². The minimum Gasteiger partial charge on any atom is -0.495 e. The Kier molecular flexibility index (Phi) is 5.53. The van der Waals surface area contributed by atoms with Crippen LogP contribution in [0.5, 0.6) is 11.5 Å². The largest absolute Gasteiger partial charge is 0.495 e. The Morgan fingerprint density at radius 1 is 1.24 bits per heavy atom. The predicted octanol–water partition coefficient (Wildman–Crippen LogP) is 4.64. The maximum absolute atomic E-state index is 12.3. The minimum absolute atomic E-state index is 0.229. The Morgan fingerprint density at radius 3 is 2.68 bits per heavy atom. The van der Waals surface area contributed by atoms with Gasteiger partial charge in [-0.15, -0.1) is 11.3 Å². The predicted molar refractivity (Wildman–Crippen MR) is 98.8 cm³/mol. The third-order valence-corrected chi connectivity index (χ3v) is 4.33. The molecule has 1 heterocycles. The van der Waals surface area contributed by atoms with E-state index in [-0.39, 0.29) is 5.91 Å². The van der Waals surface area contributed by atoms with Gasteiger partial charge in [-0.1, -0.05) is 11.6 Å². The number of methoxy groups -OCH3 is 1. The Morgan fingerprint density at radius 2 is 2.04 bits per heavy atom. The summed E-state index contributed by atoms with van der Waals surface area (Å²) >= 11 is 7.58. The van der Waals surface area contributed by atoms with Gasteiger partial charge in [-0.3, -0.25) is 4.79 Å². The Hall–Kier alpha value is -2.57. The van der Waals surface area contributed by atoms with Crippen molar-refractivity contribution < 1.29 is 14.3 Å². The van der Waals surface area contributed by atoms with E-state index in [1.165, 1.54) is 18.4 Å². The third kappa shape index (κ3) is 4.49. The maximum Gasteiger partial charge on any atom is 0.255 e. The van der Waals surface area contributed by atoms with Gasteiger partial charge in [0.15, 0.2) is 0 Å². The second-order valence-corrected chi connectivity index (χ2v) is 6.22. The summed E-state index contributed by atoms with van der Waals surface area (Å²) in [5.41, 5.74) is 3.76. The second-order valence-electron chi connectivity index (χ2n) is 5.10. The number of anilines is 1. The molecule has 0 bridgehead atoms. The van der Waals surface area contributed by atoms with Gasteiger partial charge in [0.25, 0.3) is 5.91 Å². The first-order chi connectivity index (χ1) is 12.2. The molecule has 0 fully saturated rings. The van der Waals surface area contributed by atoms with Crippen LogP contribution >= 0.6 is 22.9 Å². The molecule has 3 rings (SSSR count). The summed E-state index contributed by atoms with van der Waals surface area (Å²) in [5.74, 6) is 1.01. The summed E-state index contributed by atoms with van der Waals surface area (Å²) < 4.78 is 10.7. The molecule has 0 radical (unpaired) electrons. The lowest BCUT2D eigenvalue weighted by Gasteiger charge is -2.09. The van der Waals surface area contributed by atoms with Crippen LogP contribution < -0.4 is 14.8 Å². The van der Waals surface area contributed by atoms with Gasteiger partial charge < -0.3 is 14.8 Å². The highest BCUT2D eigenvalue weighted by atomic mass is 35.5. The highest BCUT2D eigenvalue weighted by molar-refractivity contribution is 7.07. The van der Waals surface area contributed by atoms with Crippen molar-refractivity contribution in [2.45, 2.75) is 6.61 Å². The third-order valence-electron chi connectivity index (χ3n) is 3.40. The molecule has 1 N–H and O–H groups in total. The highest BCUT2D eigenvalue weighted by Gasteiger charge is 2.08. The molecular formula is C18H15ClN2O3S. The van der Waals surface area contributed by atoms with Crippen LogP contribution in [-0.2, 0) is 6.61 Å². The number of nitrogens with zero attached hydrogens (tertiary/aromatic N) is 1. The smallest absolute Gasteiger partial charge is 0.255 e. The molecule has 0 saturated carbocycles. The van der Waals surface area contributed by atoms with Gasteiger partial charge in [0.1, 0.15) is 18.1 Å². The van der Waals surface area contributed by atoms with Crippen LogP contribution in [0.4, 0.5) is 5.69 Å². The summed E-state index contributed by atoms with van der Waals surface area (Å²) in [5, 5.41) is 5.16. The van der Waals surface area contributed by atoms with E-state index < -0.39 is 0 Å². The van der Waals surface area contributed by atoms with Crippen molar-refractivity contribution in [2.24, 2.45) is 0 Å². The van der Waals surface area contributed by atoms with Gasteiger partial charge in [-0.25, -0.2) is 4.98 Å². The lowest BCUT2D eigenvalue weighted by Crippen LogP contribution is -2.11. The van der Waals surface area contributed by atoms with E-state index in [2.05, 4.69) is 10.3 Å². The van der Waals surface area contributed by atoms with Crippen LogP contribution in [0.25, 0.3) is 0 Å². The van der Waals surface area contributed by atoms with Crippen LogP contribution in [0.2, 0.25) is 5.02 Å². The van der Waals surface area contributed by atoms with Crippen molar-refractivity contribution in [3.8, 4) is 11.5 Å². The lowest BCUT2D eigenvalue weighted by molar-refractivity contribution is 0.102. The first-order valence-electron chi connectivity index (χ1n) is 7.40. The molecule has 128 valence electrons. The molecule has 0 atom stereocenters. The lowest BCUT2D eigenvalue weighted by atomic mass is 10.2. The van der Waals surface area contributed by atoms with Gasteiger partial charge in [0.2, 0.25) is 0 Å². The van der Waals surface area contributed by atoms with Gasteiger partial charge in [-0.2, -0.15) is 0 Å². The van der Waals surface area contributed by atoms with Crippen molar-refractivity contribution in [2.75, 3.05) is 12.4 Å². The van der Waals surface area contributed by atoms with Crippen LogP contribution in [0.3, 0.4) is 0 Å². The quantitative estimate of drug-likeness (QED) is 0.683. The summed E-state index contributed by atoms with van der Waals surface area (Å²) in [4.78, 5) is 16.5. The van der Waals surface area contributed by atoms with E-state index in [9.17, 15) is 4.79 Å². The molecule has 25 heavy (non-hydrogen) atoms. The molecule has 5 nitrogen and oxygen atoms in total. The summed E-state index contributed by atoms with van der Waals surface area (Å²) in [6.07, 6.45) is 0. The number of ether oxygens (including phenoxy) is 2. The normalized spacial score (nSPS) is 10.3. The molecule has 2 aromatic carbocycles. The van der Waals surface area contributed by atoms with Crippen molar-refractivity contribution in [1.29, 1.82) is 0 Å². The van der Waals surface area contributed by atoms with Crippen molar-refractivity contribution in [3.05, 3.63) is 69.6 Å². The van der Waals surface area contributed by atoms with E-state index in [4.69, 9.17) is 21.1 Å². The number of rotatable bonds is 6. The zero-order valence-electron chi connectivity index (χ0n) is 13.4. The maximum atomic E-state index is 12.3. The highest BCUT2D eigenvalue weighted by Crippen LogP contribution is 2.27. The average molecular weight is 375 g/mol. The molecule has 0 aliphatic rings. The van der Waals surface area contributed by atoms with E-state index in [1.54, 1.807) is 48.0 Å². The standard InChI is InChI=1S/C18H15ClN2O3S/c1-23-17-7-4-13(8-16(17)19)21-18(22)12-2-5-15(6-3-12)24-9-14-10-25-11-20-14/h2-8,10-11H,9H2,1H3,(H,21,22). The van der Waals surface area contributed by atoms with Crippen molar-refractivity contribution in [3.63, 3.8) is 0 Å². The molecule has 7 heteroatoms. The molecular weight excluding hydrogens is 360 g/mol. The van der Waals surface area contributed by atoms with Gasteiger partial charge in [0.05, 0.1) is 23.3 Å². The number of hydrogen-bond donors (Lipinski definition) is 1. The fraction of sp³-hybridized carbons (Fsp3) is 0.111. The molecule has 3 aromatic rings. The first kappa shape index (κ1) is 17.3. The summed E-state index contributed by atoms with van der Waals surface area (Å²) in [7, 11) is 1.54. The number of aromatic nitrogens is 1. The fourth-order valence-corrected chi connectivity index (χ4v) is 2.92. The number of amides is 1. The topological polar surface area (TPSA) is 60.5 Å². The molecule has 1 amide bonds. The summed E-state index contributed by atoms with van der Waals surface area (Å²) in [6.45, 7) is 0.402. The number of halogens is 1. The number of nitrogens with one attached hydrogen (secondary N) is 1. The summed E-state index contributed by atoms with van der Waals surface area (Å²) in [6, 6.07) is 12.0.